The molecule has 0 radical (unpaired) electrons. The Labute approximate surface area is 167 Å². The van der Waals surface area contributed by atoms with Crippen molar-refractivity contribution in [1.82, 2.24) is 15.1 Å². The molecule has 1 aromatic carbocycles. The van der Waals surface area contributed by atoms with E-state index < -0.39 is 0 Å². The van der Waals surface area contributed by atoms with Crippen molar-refractivity contribution in [2.24, 2.45) is 0 Å². The van der Waals surface area contributed by atoms with E-state index in [4.69, 9.17) is 9.15 Å². The Kier molecular flexibility index (Phi) is 5.57. The third-order valence-corrected chi connectivity index (χ3v) is 5.68. The first-order valence-electron chi connectivity index (χ1n) is 9.26. The highest BCUT2D eigenvalue weighted by Gasteiger charge is 2.22. The topological polar surface area (TPSA) is 71.7 Å². The number of carbonyl (C=O) groups excluding carboxylic acids is 1. The number of amides is 1. The predicted molar refractivity (Wildman–Crippen MR) is 108 cm³/mol. The average molecular weight is 398 g/mol. The van der Waals surface area contributed by atoms with E-state index in [1.807, 2.05) is 34.5 Å². The fraction of sp³-hybridized carbons (Fsp3) is 0.350. The number of carbonyl (C=O) groups is 1. The lowest BCUT2D eigenvalue weighted by molar-refractivity contribution is -0.131. The first-order valence-corrected chi connectivity index (χ1v) is 10.1. The SMILES string of the molecule is COc1ccc(N2CCN(C(=O)CCc3nnc(-c4cccs4)o3)CC2)cc1. The number of ether oxygens (including phenoxy) is 1. The monoisotopic (exact) mass is 398 g/mol. The van der Waals surface area contributed by atoms with Crippen LogP contribution in [-0.2, 0) is 11.2 Å². The highest BCUT2D eigenvalue weighted by atomic mass is 32.1. The number of aryl methyl sites for hydroxylation is 1. The van der Waals surface area contributed by atoms with Crippen molar-refractivity contribution in [2.45, 2.75) is 12.8 Å². The van der Waals surface area contributed by atoms with Crippen molar-refractivity contribution >= 4 is 22.9 Å². The summed E-state index contributed by atoms with van der Waals surface area (Å²) in [6, 6.07) is 11.9. The largest absolute Gasteiger partial charge is 0.497 e. The van der Waals surface area contributed by atoms with Crippen LogP contribution in [0, 0.1) is 0 Å². The molecule has 3 heterocycles. The molecule has 146 valence electrons. The summed E-state index contributed by atoms with van der Waals surface area (Å²) >= 11 is 1.55. The van der Waals surface area contributed by atoms with Crippen molar-refractivity contribution in [3.05, 3.63) is 47.7 Å². The Morgan fingerprint density at radius 1 is 1.14 bits per heavy atom. The second-order valence-corrected chi connectivity index (χ2v) is 7.49. The molecule has 28 heavy (non-hydrogen) atoms. The van der Waals surface area contributed by atoms with Gasteiger partial charge in [-0.25, -0.2) is 0 Å². The van der Waals surface area contributed by atoms with Gasteiger partial charge in [0.05, 0.1) is 12.0 Å². The molecule has 3 aromatic rings. The van der Waals surface area contributed by atoms with Crippen LogP contribution in [0.2, 0.25) is 0 Å². The molecule has 0 atom stereocenters. The number of aromatic nitrogens is 2. The average Bonchev–Trinajstić information content (AvgIpc) is 3.44. The molecule has 0 unspecified atom stereocenters. The minimum atomic E-state index is 0.130. The van der Waals surface area contributed by atoms with E-state index in [0.29, 0.717) is 24.6 Å². The summed E-state index contributed by atoms with van der Waals surface area (Å²) in [5.74, 6) is 2.00. The molecular weight excluding hydrogens is 376 g/mol. The second kappa shape index (κ2) is 8.43. The van der Waals surface area contributed by atoms with Gasteiger partial charge in [0.25, 0.3) is 5.89 Å². The molecule has 0 aliphatic carbocycles. The molecule has 7 nitrogen and oxygen atoms in total. The van der Waals surface area contributed by atoms with Crippen LogP contribution in [0.1, 0.15) is 12.3 Å². The van der Waals surface area contributed by atoms with Gasteiger partial charge in [-0.05, 0) is 35.7 Å². The molecule has 1 amide bonds. The summed E-state index contributed by atoms with van der Waals surface area (Å²) in [5.41, 5.74) is 1.15. The maximum Gasteiger partial charge on any atom is 0.257 e. The van der Waals surface area contributed by atoms with Crippen molar-refractivity contribution in [1.29, 1.82) is 0 Å². The summed E-state index contributed by atoms with van der Waals surface area (Å²) < 4.78 is 10.9. The summed E-state index contributed by atoms with van der Waals surface area (Å²) in [6.45, 7) is 3.08. The fourth-order valence-corrected chi connectivity index (χ4v) is 3.88. The van der Waals surface area contributed by atoms with E-state index in [-0.39, 0.29) is 5.91 Å². The van der Waals surface area contributed by atoms with Crippen LogP contribution in [-0.4, -0.2) is 54.3 Å². The summed E-state index contributed by atoms with van der Waals surface area (Å²) in [7, 11) is 1.66. The van der Waals surface area contributed by atoms with Crippen molar-refractivity contribution in [3.8, 4) is 16.5 Å². The van der Waals surface area contributed by atoms with Gasteiger partial charge < -0.3 is 19.0 Å². The van der Waals surface area contributed by atoms with Crippen molar-refractivity contribution in [3.63, 3.8) is 0 Å². The standard InChI is InChI=1S/C20H22N4O3S/c1-26-16-6-4-15(5-7-16)23-10-12-24(13-11-23)19(25)9-8-18-21-22-20(27-18)17-3-2-14-28-17/h2-7,14H,8-13H2,1H3. The van der Waals surface area contributed by atoms with Gasteiger partial charge in [0.15, 0.2) is 0 Å². The molecule has 1 fully saturated rings. The van der Waals surface area contributed by atoms with Crippen LogP contribution >= 0.6 is 11.3 Å². The molecule has 0 bridgehead atoms. The van der Waals surface area contributed by atoms with Gasteiger partial charge in [-0.3, -0.25) is 4.79 Å². The van der Waals surface area contributed by atoms with Gasteiger partial charge in [-0.2, -0.15) is 0 Å². The molecular formula is C20H22N4O3S. The molecule has 4 rings (SSSR count). The first-order chi connectivity index (χ1) is 13.7. The Bertz CT molecular complexity index is 900. The quantitative estimate of drug-likeness (QED) is 0.635. The molecule has 0 saturated carbocycles. The Morgan fingerprint density at radius 2 is 1.93 bits per heavy atom. The number of thiophene rings is 1. The summed E-state index contributed by atoms with van der Waals surface area (Å²) in [5, 5.41) is 10.1. The smallest absolute Gasteiger partial charge is 0.257 e. The normalized spacial score (nSPS) is 14.3. The van der Waals surface area contributed by atoms with Gasteiger partial charge in [0.2, 0.25) is 11.8 Å². The van der Waals surface area contributed by atoms with E-state index in [2.05, 4.69) is 27.2 Å². The zero-order valence-electron chi connectivity index (χ0n) is 15.7. The van der Waals surface area contributed by atoms with Crippen LogP contribution in [0.25, 0.3) is 10.8 Å². The van der Waals surface area contributed by atoms with Gasteiger partial charge >= 0.3 is 0 Å². The van der Waals surface area contributed by atoms with E-state index in [1.165, 1.54) is 0 Å². The lowest BCUT2D eigenvalue weighted by atomic mass is 10.2. The number of rotatable bonds is 6. The Morgan fingerprint density at radius 3 is 2.61 bits per heavy atom. The van der Waals surface area contributed by atoms with Gasteiger partial charge in [-0.15, -0.1) is 21.5 Å². The van der Waals surface area contributed by atoms with Crippen LogP contribution in [0.3, 0.4) is 0 Å². The zero-order valence-corrected chi connectivity index (χ0v) is 16.5. The lowest BCUT2D eigenvalue weighted by Crippen LogP contribution is -2.48. The predicted octanol–water partition coefficient (Wildman–Crippen LogP) is 3.09. The van der Waals surface area contributed by atoms with Crippen LogP contribution < -0.4 is 9.64 Å². The number of hydrogen-bond donors (Lipinski definition) is 0. The van der Waals surface area contributed by atoms with E-state index >= 15 is 0 Å². The number of benzene rings is 1. The molecule has 1 aliphatic heterocycles. The molecule has 8 heteroatoms. The van der Waals surface area contributed by atoms with Crippen LogP contribution in [0.4, 0.5) is 5.69 Å². The number of nitrogens with zero attached hydrogens (tertiary/aromatic N) is 4. The summed E-state index contributed by atoms with van der Waals surface area (Å²) in [4.78, 5) is 17.7. The number of hydrogen-bond acceptors (Lipinski definition) is 7. The van der Waals surface area contributed by atoms with Crippen molar-refractivity contribution in [2.75, 3.05) is 38.2 Å². The third-order valence-electron chi connectivity index (χ3n) is 4.82. The van der Waals surface area contributed by atoms with Gasteiger partial charge in [-0.1, -0.05) is 6.07 Å². The lowest BCUT2D eigenvalue weighted by Gasteiger charge is -2.36. The highest BCUT2D eigenvalue weighted by Crippen LogP contribution is 2.24. The molecule has 1 saturated heterocycles. The number of methoxy groups -OCH3 is 1. The van der Waals surface area contributed by atoms with Gasteiger partial charge in [0.1, 0.15) is 5.75 Å². The van der Waals surface area contributed by atoms with E-state index in [0.717, 1.165) is 42.5 Å². The maximum atomic E-state index is 12.5. The van der Waals surface area contributed by atoms with Gasteiger partial charge in [0, 0.05) is 44.7 Å². The molecule has 0 spiro atoms. The molecule has 0 N–H and O–H groups in total. The maximum absolute atomic E-state index is 12.5. The molecule has 2 aromatic heterocycles. The Hall–Kier alpha value is -2.87. The fourth-order valence-electron chi connectivity index (χ4n) is 3.23. The second-order valence-electron chi connectivity index (χ2n) is 6.54. The number of piperazine rings is 1. The Balaban J connectivity index is 1.26. The van der Waals surface area contributed by atoms with Crippen LogP contribution in [0.15, 0.2) is 46.2 Å². The third kappa shape index (κ3) is 4.17. The van der Waals surface area contributed by atoms with E-state index in [1.54, 1.807) is 18.4 Å². The summed E-state index contributed by atoms with van der Waals surface area (Å²) in [6.07, 6.45) is 0.852. The molecule has 1 aliphatic rings. The minimum Gasteiger partial charge on any atom is -0.497 e. The first kappa shape index (κ1) is 18.5. The minimum absolute atomic E-state index is 0.130. The van der Waals surface area contributed by atoms with Crippen LogP contribution in [0.5, 0.6) is 5.75 Å². The van der Waals surface area contributed by atoms with E-state index in [9.17, 15) is 4.79 Å². The number of anilines is 1. The zero-order chi connectivity index (χ0) is 19.3. The highest BCUT2D eigenvalue weighted by molar-refractivity contribution is 7.13. The van der Waals surface area contributed by atoms with Crippen molar-refractivity contribution < 1.29 is 13.9 Å².